The van der Waals surface area contributed by atoms with Crippen molar-refractivity contribution in [2.75, 3.05) is 16.4 Å². The van der Waals surface area contributed by atoms with Crippen LogP contribution in [0.25, 0.3) is 0 Å². The van der Waals surface area contributed by atoms with Crippen LogP contribution < -0.4 is 10.6 Å². The maximum atomic E-state index is 12.1. The Morgan fingerprint density at radius 3 is 2.71 bits per heavy atom. The molecule has 2 aromatic rings. The van der Waals surface area contributed by atoms with E-state index in [-0.39, 0.29) is 24.2 Å². The van der Waals surface area contributed by atoms with Crippen molar-refractivity contribution in [2.45, 2.75) is 32.2 Å². The molecule has 0 saturated carbocycles. The van der Waals surface area contributed by atoms with E-state index in [9.17, 15) is 9.59 Å². The predicted molar refractivity (Wildman–Crippen MR) is 98.6 cm³/mol. The Kier molecular flexibility index (Phi) is 6.74. The fourth-order valence-electron chi connectivity index (χ4n) is 1.75. The second kappa shape index (κ2) is 8.79. The summed E-state index contributed by atoms with van der Waals surface area (Å²) in [5.74, 6) is 0.594. The zero-order valence-electron chi connectivity index (χ0n) is 13.8. The molecule has 0 aliphatic rings. The Morgan fingerprint density at radius 2 is 2.08 bits per heavy atom. The highest BCUT2D eigenvalue weighted by Gasteiger charge is 2.12. The van der Waals surface area contributed by atoms with E-state index in [1.807, 2.05) is 26.0 Å². The summed E-state index contributed by atoms with van der Waals surface area (Å²) in [5, 5.41) is 8.74. The molecule has 0 spiro atoms. The van der Waals surface area contributed by atoms with E-state index in [2.05, 4.69) is 27.5 Å². The first kappa shape index (κ1) is 18.4. The number of thiazole rings is 1. The van der Waals surface area contributed by atoms with Crippen LogP contribution in [0.5, 0.6) is 0 Å². The van der Waals surface area contributed by atoms with Crippen LogP contribution in [0.2, 0.25) is 0 Å². The van der Waals surface area contributed by atoms with Gasteiger partial charge in [0.1, 0.15) is 0 Å². The van der Waals surface area contributed by atoms with Crippen LogP contribution in [0.15, 0.2) is 28.7 Å². The lowest BCUT2D eigenvalue weighted by Gasteiger charge is -2.05. The predicted octanol–water partition coefficient (Wildman–Crippen LogP) is 3.43. The van der Waals surface area contributed by atoms with Crippen molar-refractivity contribution in [1.29, 1.82) is 0 Å². The topological polar surface area (TPSA) is 84.0 Å². The fourth-order valence-corrected chi connectivity index (χ4v) is 3.05. The van der Waals surface area contributed by atoms with Crippen LogP contribution in [-0.4, -0.2) is 27.5 Å². The van der Waals surface area contributed by atoms with Crippen LogP contribution in [0.1, 0.15) is 26.5 Å². The molecule has 2 aromatic heterocycles. The van der Waals surface area contributed by atoms with Crippen molar-refractivity contribution in [3.05, 3.63) is 29.4 Å². The number of pyridine rings is 1. The summed E-state index contributed by atoms with van der Waals surface area (Å²) in [5.41, 5.74) is 1.28. The molecular weight excluding hydrogens is 344 g/mol. The van der Waals surface area contributed by atoms with E-state index < -0.39 is 0 Å². The lowest BCUT2D eigenvalue weighted by Crippen LogP contribution is -2.18. The molecule has 0 aliphatic heterocycles. The third-order valence-corrected chi connectivity index (χ3v) is 4.59. The monoisotopic (exact) mass is 364 g/mol. The molecule has 0 fully saturated rings. The first-order valence-corrected chi connectivity index (χ1v) is 9.48. The number of nitrogens with zero attached hydrogens (tertiary/aromatic N) is 2. The largest absolute Gasteiger partial charge is 0.324 e. The van der Waals surface area contributed by atoms with Gasteiger partial charge in [-0.05, 0) is 17.9 Å². The molecule has 2 heterocycles. The molecule has 24 heavy (non-hydrogen) atoms. The number of thioether (sulfide) groups is 1. The molecule has 0 unspecified atom stereocenters. The lowest BCUT2D eigenvalue weighted by molar-refractivity contribution is -0.119. The number of rotatable bonds is 7. The fraction of sp³-hybridized carbons (Fsp3) is 0.375. The van der Waals surface area contributed by atoms with Gasteiger partial charge in [-0.15, -0.1) is 23.1 Å². The lowest BCUT2D eigenvalue weighted by atomic mass is 10.2. The van der Waals surface area contributed by atoms with Crippen LogP contribution in [-0.2, 0) is 16.0 Å². The second-order valence-electron chi connectivity index (χ2n) is 5.33. The SMILES string of the molecule is CCSc1ccc(NC(=O)Cc2csc(NC(=O)C(C)C)n2)cn1. The molecule has 6 nitrogen and oxygen atoms in total. The van der Waals surface area contributed by atoms with Crippen molar-refractivity contribution >= 4 is 45.7 Å². The molecule has 0 radical (unpaired) electrons. The summed E-state index contributed by atoms with van der Waals surface area (Å²) < 4.78 is 0. The number of nitrogens with one attached hydrogen (secondary N) is 2. The van der Waals surface area contributed by atoms with Crippen LogP contribution in [0.4, 0.5) is 10.8 Å². The molecule has 128 valence electrons. The van der Waals surface area contributed by atoms with Gasteiger partial charge >= 0.3 is 0 Å². The van der Waals surface area contributed by atoms with Gasteiger partial charge in [-0.2, -0.15) is 0 Å². The van der Waals surface area contributed by atoms with Crippen molar-refractivity contribution in [3.8, 4) is 0 Å². The van der Waals surface area contributed by atoms with Gasteiger partial charge in [0.15, 0.2) is 5.13 Å². The molecule has 0 saturated heterocycles. The highest BCUT2D eigenvalue weighted by atomic mass is 32.2. The standard InChI is InChI=1S/C16H20N4O2S2/c1-4-23-14-6-5-11(8-17-14)18-13(21)7-12-9-24-16(19-12)20-15(22)10(2)3/h5-6,8-10H,4,7H2,1-3H3,(H,18,21)(H,19,20,22). The molecule has 2 N–H and O–H groups in total. The number of amides is 2. The summed E-state index contributed by atoms with van der Waals surface area (Å²) in [6.45, 7) is 5.69. The zero-order chi connectivity index (χ0) is 17.5. The van der Waals surface area contributed by atoms with Crippen molar-refractivity contribution in [3.63, 3.8) is 0 Å². The third-order valence-electron chi connectivity index (χ3n) is 2.96. The van der Waals surface area contributed by atoms with Gasteiger partial charge in [-0.3, -0.25) is 9.59 Å². The van der Waals surface area contributed by atoms with E-state index in [0.717, 1.165) is 10.8 Å². The Balaban J connectivity index is 1.88. The van der Waals surface area contributed by atoms with Gasteiger partial charge in [0, 0.05) is 11.3 Å². The molecule has 0 bridgehead atoms. The van der Waals surface area contributed by atoms with Crippen molar-refractivity contribution in [1.82, 2.24) is 9.97 Å². The summed E-state index contributed by atoms with van der Waals surface area (Å²) in [6.07, 6.45) is 1.80. The number of hydrogen-bond donors (Lipinski definition) is 2. The Bertz CT molecular complexity index is 698. The first-order chi connectivity index (χ1) is 11.5. The summed E-state index contributed by atoms with van der Waals surface area (Å²) in [6, 6.07) is 3.71. The van der Waals surface area contributed by atoms with Crippen LogP contribution in [0.3, 0.4) is 0 Å². The minimum atomic E-state index is -0.167. The van der Waals surface area contributed by atoms with Gasteiger partial charge in [0.2, 0.25) is 11.8 Å². The zero-order valence-corrected chi connectivity index (χ0v) is 15.5. The van der Waals surface area contributed by atoms with Gasteiger partial charge in [-0.1, -0.05) is 20.8 Å². The Hall–Kier alpha value is -1.93. The van der Waals surface area contributed by atoms with E-state index in [0.29, 0.717) is 16.5 Å². The van der Waals surface area contributed by atoms with Crippen LogP contribution in [0, 0.1) is 5.92 Å². The summed E-state index contributed by atoms with van der Waals surface area (Å²) in [7, 11) is 0. The maximum Gasteiger partial charge on any atom is 0.230 e. The molecular formula is C16H20N4O2S2. The smallest absolute Gasteiger partial charge is 0.230 e. The molecule has 2 rings (SSSR count). The molecule has 2 amide bonds. The second-order valence-corrected chi connectivity index (χ2v) is 7.47. The normalized spacial score (nSPS) is 10.7. The molecule has 0 atom stereocenters. The van der Waals surface area contributed by atoms with E-state index >= 15 is 0 Å². The highest BCUT2D eigenvalue weighted by Crippen LogP contribution is 2.18. The van der Waals surface area contributed by atoms with E-state index in [4.69, 9.17) is 0 Å². The molecule has 0 aromatic carbocycles. The first-order valence-electron chi connectivity index (χ1n) is 7.62. The van der Waals surface area contributed by atoms with Gasteiger partial charge in [0.05, 0.1) is 29.0 Å². The Morgan fingerprint density at radius 1 is 1.29 bits per heavy atom. The number of aromatic nitrogens is 2. The minimum absolute atomic E-state index is 0.0866. The van der Waals surface area contributed by atoms with Gasteiger partial charge in [-0.25, -0.2) is 9.97 Å². The van der Waals surface area contributed by atoms with Gasteiger partial charge in [0.25, 0.3) is 0 Å². The van der Waals surface area contributed by atoms with Crippen LogP contribution >= 0.6 is 23.1 Å². The average molecular weight is 364 g/mol. The summed E-state index contributed by atoms with van der Waals surface area (Å²) in [4.78, 5) is 32.2. The maximum absolute atomic E-state index is 12.1. The molecule has 0 aliphatic carbocycles. The summed E-state index contributed by atoms with van der Waals surface area (Å²) >= 11 is 2.96. The number of anilines is 2. The highest BCUT2D eigenvalue weighted by molar-refractivity contribution is 7.99. The van der Waals surface area contributed by atoms with Crippen molar-refractivity contribution < 1.29 is 9.59 Å². The number of carbonyl (C=O) groups is 2. The van der Waals surface area contributed by atoms with E-state index in [1.54, 1.807) is 23.3 Å². The molecule has 8 heteroatoms. The average Bonchev–Trinajstić information content (AvgIpc) is 2.96. The third kappa shape index (κ3) is 5.61. The Labute approximate surface area is 149 Å². The quantitative estimate of drug-likeness (QED) is 0.736. The minimum Gasteiger partial charge on any atom is -0.324 e. The number of carbonyl (C=O) groups excluding carboxylic acids is 2. The number of hydrogen-bond acceptors (Lipinski definition) is 6. The van der Waals surface area contributed by atoms with Crippen molar-refractivity contribution in [2.24, 2.45) is 5.92 Å². The van der Waals surface area contributed by atoms with Gasteiger partial charge < -0.3 is 10.6 Å². The van der Waals surface area contributed by atoms with E-state index in [1.165, 1.54) is 11.3 Å².